The van der Waals surface area contributed by atoms with Crippen LogP contribution >= 0.6 is 0 Å². The Hall–Kier alpha value is -3.72. The Morgan fingerprint density at radius 1 is 0.257 bits per heavy atom. The highest BCUT2D eigenvalue weighted by atomic mass is 16.8. The Labute approximate surface area is 618 Å². The summed E-state index contributed by atoms with van der Waals surface area (Å²) >= 11 is 0. The van der Waals surface area contributed by atoms with Crippen LogP contribution < -0.4 is 21.3 Å². The third-order valence-electron chi connectivity index (χ3n) is 20.0. The predicted octanol–water partition coefficient (Wildman–Crippen LogP) is -18.4. The molecule has 48 heteroatoms. The summed E-state index contributed by atoms with van der Waals surface area (Å²) in [5, 5.41) is 265. The van der Waals surface area contributed by atoms with Crippen LogP contribution in [0.4, 0.5) is 0 Å². The molecular formula is C61H102N4O44. The van der Waals surface area contributed by atoms with E-state index in [0.717, 1.165) is 27.7 Å². The van der Waals surface area contributed by atoms with Crippen molar-refractivity contribution in [2.45, 2.75) is 305 Å². The van der Waals surface area contributed by atoms with Gasteiger partial charge >= 0.3 is 0 Å². The molecule has 0 aromatic heterocycles. The van der Waals surface area contributed by atoms with Crippen LogP contribution in [0, 0.1) is 0 Å². The number of aliphatic hydroxyl groups excluding tert-OH is 23. The Balaban J connectivity index is 1.07. The van der Waals surface area contributed by atoms with E-state index < -0.39 is 346 Å². The van der Waals surface area contributed by atoms with Crippen LogP contribution in [0.2, 0.25) is 0 Å². The van der Waals surface area contributed by atoms with Crippen LogP contribution in [-0.4, -0.2) is 464 Å². The SMILES string of the molecule is CC(=O)N[C@H]1[C@H](O[C@H]2[C@H](O[C@@H]3O[C@@H](C)[C@@H](O)[C@@H](O)[C@@H]3O)[C@@H](NC(C)=O)C(O)O[C@@H]2CO)O[C@H](CO)[C@@H](O[C@@H]2O[C@H](CO[C@H]3O[C@H](CO)[C@@H](O[C@@H]4O[C@H](CO)[C@@H](O)[C@H](O)[C@H]4NC(C)=O)[C@@H](O)[C@@H]3O)[C@@H](O)[C@H](O[C@H]3O[C@H](CO)[C@@H](O[C@@H]4O[C@H](CO)[C@@H](O)[C@H](O)[C@H]4NC(C)=O)[C@H](O)[C@@H]3O)[C@@H]2O[C@@H]2O[C@H](CO)[C@H](O)[C@H]2O)[C@@H]1O. The molecule has 630 valence electrons. The van der Waals surface area contributed by atoms with Crippen molar-refractivity contribution < 1.29 is 217 Å². The number of carbonyl (C=O) groups excluding carboxylic acids is 4. The molecule has 9 heterocycles. The second kappa shape index (κ2) is 38.8. The number of hydrogen-bond donors (Lipinski definition) is 27. The largest absolute Gasteiger partial charge is 0.394 e. The molecule has 0 aromatic carbocycles. The molecule has 0 saturated carbocycles. The van der Waals surface area contributed by atoms with Crippen molar-refractivity contribution in [2.75, 3.05) is 52.9 Å². The van der Waals surface area contributed by atoms with Gasteiger partial charge in [-0.15, -0.1) is 0 Å². The lowest BCUT2D eigenvalue weighted by molar-refractivity contribution is -0.403. The summed E-state index contributed by atoms with van der Waals surface area (Å²) in [5.74, 6) is -3.44. The van der Waals surface area contributed by atoms with E-state index in [2.05, 4.69) is 21.3 Å². The lowest BCUT2D eigenvalue weighted by Gasteiger charge is -2.52. The van der Waals surface area contributed by atoms with Crippen molar-refractivity contribution in [3.63, 3.8) is 0 Å². The molecule has 0 aromatic rings. The zero-order valence-corrected chi connectivity index (χ0v) is 58.9. The van der Waals surface area contributed by atoms with E-state index in [-0.39, 0.29) is 0 Å². The van der Waals surface area contributed by atoms with E-state index in [1.165, 1.54) is 6.92 Å². The molecule has 0 aliphatic carbocycles. The third-order valence-corrected chi connectivity index (χ3v) is 20.0. The fourth-order valence-electron chi connectivity index (χ4n) is 14.2. The van der Waals surface area contributed by atoms with Gasteiger partial charge in [-0.2, -0.15) is 0 Å². The topological polar surface area (TPSA) is 739 Å². The first-order valence-electron chi connectivity index (χ1n) is 34.9. The molecule has 0 radical (unpaired) electrons. The Kier molecular flexibility index (Phi) is 31.8. The van der Waals surface area contributed by atoms with Crippen LogP contribution in [0.25, 0.3) is 0 Å². The van der Waals surface area contributed by atoms with Gasteiger partial charge in [0.25, 0.3) is 0 Å². The van der Waals surface area contributed by atoms with Gasteiger partial charge in [-0.25, -0.2) is 0 Å². The van der Waals surface area contributed by atoms with Gasteiger partial charge in [0.15, 0.2) is 56.6 Å². The first-order valence-corrected chi connectivity index (χ1v) is 34.9. The predicted molar refractivity (Wildman–Crippen MR) is 336 cm³/mol. The van der Waals surface area contributed by atoms with Gasteiger partial charge in [0.2, 0.25) is 23.6 Å². The van der Waals surface area contributed by atoms with Crippen LogP contribution in [0.1, 0.15) is 34.6 Å². The first kappa shape index (κ1) is 89.2. The molecule has 1 unspecified atom stereocenters. The lowest BCUT2D eigenvalue weighted by Crippen LogP contribution is -2.71. The molecule has 0 bridgehead atoms. The van der Waals surface area contributed by atoms with Gasteiger partial charge in [0.1, 0.15) is 207 Å². The summed E-state index contributed by atoms with van der Waals surface area (Å²) in [6.45, 7) is -3.43. The molecule has 48 nitrogen and oxygen atoms in total. The number of carbonyl (C=O) groups is 4. The summed E-state index contributed by atoms with van der Waals surface area (Å²) in [4.78, 5) is 50.6. The summed E-state index contributed by atoms with van der Waals surface area (Å²) in [6.07, 6.45) is -81.0. The average molecular weight is 1600 g/mol. The van der Waals surface area contributed by atoms with Crippen molar-refractivity contribution in [2.24, 2.45) is 0 Å². The van der Waals surface area contributed by atoms with E-state index >= 15 is 0 Å². The van der Waals surface area contributed by atoms with Crippen molar-refractivity contribution in [3.05, 3.63) is 0 Å². The Morgan fingerprint density at radius 3 is 1.02 bits per heavy atom. The van der Waals surface area contributed by atoms with E-state index in [1.54, 1.807) is 0 Å². The maximum absolute atomic E-state index is 13.3. The zero-order valence-electron chi connectivity index (χ0n) is 58.9. The quantitative estimate of drug-likeness (QED) is 0.0346. The first-order chi connectivity index (χ1) is 51.6. The summed E-state index contributed by atoms with van der Waals surface area (Å²) in [6, 6.07) is -7.10. The van der Waals surface area contributed by atoms with Crippen molar-refractivity contribution >= 4 is 23.6 Å². The van der Waals surface area contributed by atoms with Crippen molar-refractivity contribution in [1.82, 2.24) is 21.3 Å². The van der Waals surface area contributed by atoms with Crippen molar-refractivity contribution in [3.8, 4) is 0 Å². The van der Waals surface area contributed by atoms with Crippen LogP contribution in [0.3, 0.4) is 0 Å². The van der Waals surface area contributed by atoms with Crippen LogP contribution in [0.5, 0.6) is 0 Å². The normalized spacial score (nSPS) is 49.1. The average Bonchev–Trinajstić information content (AvgIpc) is 1.40. The highest BCUT2D eigenvalue weighted by Gasteiger charge is 2.61. The van der Waals surface area contributed by atoms with E-state index in [9.17, 15) is 137 Å². The number of amides is 4. The summed E-state index contributed by atoms with van der Waals surface area (Å²) in [7, 11) is 0. The molecule has 0 spiro atoms. The van der Waals surface area contributed by atoms with Crippen LogP contribution in [-0.2, 0) is 99.7 Å². The lowest BCUT2D eigenvalue weighted by atomic mass is 9.93. The highest BCUT2D eigenvalue weighted by molar-refractivity contribution is 5.74. The van der Waals surface area contributed by atoms with E-state index in [0.29, 0.717) is 0 Å². The molecule has 44 atom stereocenters. The van der Waals surface area contributed by atoms with E-state index in [4.69, 9.17) is 80.5 Å². The van der Waals surface area contributed by atoms with Gasteiger partial charge in [-0.05, 0) is 6.92 Å². The van der Waals surface area contributed by atoms with E-state index in [1.807, 2.05) is 0 Å². The number of aliphatic hydroxyl groups is 23. The number of nitrogens with one attached hydrogen (secondary N) is 4. The van der Waals surface area contributed by atoms with Gasteiger partial charge < -0.3 is 219 Å². The van der Waals surface area contributed by atoms with Crippen molar-refractivity contribution in [1.29, 1.82) is 0 Å². The number of hydrogen-bond acceptors (Lipinski definition) is 44. The zero-order chi connectivity index (χ0) is 80.2. The number of rotatable bonds is 28. The minimum Gasteiger partial charge on any atom is -0.394 e. The fourth-order valence-corrected chi connectivity index (χ4v) is 14.2. The molecule has 27 N–H and O–H groups in total. The van der Waals surface area contributed by atoms with Gasteiger partial charge in [-0.1, -0.05) is 0 Å². The minimum absolute atomic E-state index is 0.793. The molecular weight excluding hydrogens is 1490 g/mol. The van der Waals surface area contributed by atoms with Gasteiger partial charge in [0, 0.05) is 27.7 Å². The van der Waals surface area contributed by atoms with Gasteiger partial charge in [0.05, 0.1) is 59.0 Å². The molecule has 9 saturated heterocycles. The maximum Gasteiger partial charge on any atom is 0.217 e. The molecule has 9 rings (SSSR count). The van der Waals surface area contributed by atoms with Crippen LogP contribution in [0.15, 0.2) is 0 Å². The Morgan fingerprint density at radius 2 is 0.560 bits per heavy atom. The number of ether oxygens (including phenoxy) is 17. The Bertz CT molecular complexity index is 2890. The third kappa shape index (κ3) is 19.7. The summed E-state index contributed by atoms with van der Waals surface area (Å²) < 4.78 is 102. The molecule has 9 aliphatic rings. The highest BCUT2D eigenvalue weighted by Crippen LogP contribution is 2.41. The fraction of sp³-hybridized carbons (Fsp3) is 0.934. The molecule has 9 aliphatic heterocycles. The second-order valence-electron chi connectivity index (χ2n) is 27.7. The molecule has 109 heavy (non-hydrogen) atoms. The smallest absolute Gasteiger partial charge is 0.217 e. The summed E-state index contributed by atoms with van der Waals surface area (Å²) in [5.41, 5.74) is 0. The maximum atomic E-state index is 13.3. The molecule has 9 fully saturated rings. The van der Waals surface area contributed by atoms with Gasteiger partial charge in [-0.3, -0.25) is 19.2 Å². The standard InChI is InChI=1S/C61H102N4O44/c1-14-31(77)39(85)43(89)58(94-14)107-50-30(65-18(5)76)53(92)95-25(12-72)49(50)106-56-29(64-17(4)75)38(84)46(22(9-69)99-56)105-61-52(109-59-42(88)34(80)21(8-68)98-59)51(108-60-45(91)41(87)48(24(11-71)101-60)104-55-28(63-16(3)74)37(83)33(79)20(7-67)97-55)35(81)26(102-61)13-93-57-44(90)40(86)47(23(10-70)100-57)103-54-27(62-15(2)73)36(82)32(78)19(6-66)96-54/h14,19-61,66-72,77-92H,6-13H2,1-5H3,(H,62,73)(H,63,74)(H,64,75)(H,65,76)/t14-,19+,20+,21+,22+,23+,24+,25+,26+,27+,28+,29+,30+,31+,32+,33+,34-,35+,36+,37+,38+,39+,40-,41+,42+,43-,44-,45-,46+,47+,48+,49+,50+,51-,52-,53?,54-,55-,56-,57-,58-,59-,60+,61-/m0/s1. The second-order valence-corrected chi connectivity index (χ2v) is 27.7. The minimum atomic E-state index is -2.47. The monoisotopic (exact) mass is 1590 g/mol. The molecule has 4 amide bonds.